The molecule has 0 radical (unpaired) electrons. The van der Waals surface area contributed by atoms with E-state index >= 15 is 0 Å². The maximum absolute atomic E-state index is 10.8. The lowest BCUT2D eigenvalue weighted by molar-refractivity contribution is -0.140. The molecule has 0 aliphatic rings. The van der Waals surface area contributed by atoms with Crippen LogP contribution in [0.25, 0.3) is 0 Å². The third-order valence-electron chi connectivity index (χ3n) is 2.55. The standard InChI is InChI=1S/C12H16ClNO2/c1-8-4-5-10(13)6-11(8)14(3)7-9(2)12(15)16/h4-6,9H,7H2,1-3H3,(H,15,16). The van der Waals surface area contributed by atoms with Gasteiger partial charge in [0.25, 0.3) is 0 Å². The Morgan fingerprint density at radius 1 is 1.56 bits per heavy atom. The number of hydrogen-bond donors (Lipinski definition) is 1. The number of carboxylic acids is 1. The van der Waals surface area contributed by atoms with Crippen LogP contribution in [0.4, 0.5) is 5.69 Å². The Morgan fingerprint density at radius 2 is 2.19 bits per heavy atom. The molecule has 0 aliphatic carbocycles. The average molecular weight is 242 g/mol. The molecule has 16 heavy (non-hydrogen) atoms. The number of rotatable bonds is 4. The summed E-state index contributed by atoms with van der Waals surface area (Å²) >= 11 is 5.92. The van der Waals surface area contributed by atoms with Crippen molar-refractivity contribution in [2.24, 2.45) is 5.92 Å². The summed E-state index contributed by atoms with van der Waals surface area (Å²) in [7, 11) is 1.87. The molecule has 0 heterocycles. The van der Waals surface area contributed by atoms with Crippen LogP contribution in [0.3, 0.4) is 0 Å². The molecule has 0 saturated carbocycles. The minimum absolute atomic E-state index is 0.400. The zero-order valence-electron chi connectivity index (χ0n) is 9.70. The largest absolute Gasteiger partial charge is 0.481 e. The first-order valence-electron chi connectivity index (χ1n) is 5.12. The molecular weight excluding hydrogens is 226 g/mol. The third kappa shape index (κ3) is 3.14. The maximum Gasteiger partial charge on any atom is 0.308 e. The highest BCUT2D eigenvalue weighted by molar-refractivity contribution is 6.30. The van der Waals surface area contributed by atoms with Crippen molar-refractivity contribution in [3.63, 3.8) is 0 Å². The minimum Gasteiger partial charge on any atom is -0.481 e. The number of carbonyl (C=O) groups is 1. The zero-order chi connectivity index (χ0) is 12.3. The van der Waals surface area contributed by atoms with Gasteiger partial charge in [-0.15, -0.1) is 0 Å². The van der Waals surface area contributed by atoms with Gasteiger partial charge < -0.3 is 10.0 Å². The molecule has 0 aromatic heterocycles. The second kappa shape index (κ2) is 5.21. The van der Waals surface area contributed by atoms with Gasteiger partial charge >= 0.3 is 5.97 Å². The third-order valence-corrected chi connectivity index (χ3v) is 2.79. The molecule has 0 spiro atoms. The Balaban J connectivity index is 2.83. The second-order valence-electron chi connectivity index (χ2n) is 4.05. The Labute approximate surface area is 101 Å². The normalized spacial score (nSPS) is 12.2. The van der Waals surface area contributed by atoms with Crippen LogP contribution in [-0.4, -0.2) is 24.7 Å². The summed E-state index contributed by atoms with van der Waals surface area (Å²) in [6.45, 7) is 4.14. The van der Waals surface area contributed by atoms with E-state index in [0.29, 0.717) is 11.6 Å². The van der Waals surface area contributed by atoms with Crippen molar-refractivity contribution in [3.8, 4) is 0 Å². The van der Waals surface area contributed by atoms with Gasteiger partial charge in [-0.05, 0) is 24.6 Å². The highest BCUT2D eigenvalue weighted by Crippen LogP contribution is 2.23. The fraction of sp³-hybridized carbons (Fsp3) is 0.417. The molecule has 4 heteroatoms. The van der Waals surface area contributed by atoms with Gasteiger partial charge in [-0.2, -0.15) is 0 Å². The van der Waals surface area contributed by atoms with Crippen LogP contribution >= 0.6 is 11.6 Å². The van der Waals surface area contributed by atoms with E-state index in [9.17, 15) is 4.79 Å². The van der Waals surface area contributed by atoms with Crippen LogP contribution in [0.2, 0.25) is 5.02 Å². The molecule has 1 aromatic carbocycles. The van der Waals surface area contributed by atoms with Crippen molar-refractivity contribution in [3.05, 3.63) is 28.8 Å². The quantitative estimate of drug-likeness (QED) is 0.881. The fourth-order valence-corrected chi connectivity index (χ4v) is 1.75. The van der Waals surface area contributed by atoms with Crippen molar-refractivity contribution in [1.82, 2.24) is 0 Å². The number of aryl methyl sites for hydroxylation is 1. The summed E-state index contributed by atoms with van der Waals surface area (Å²) in [6, 6.07) is 5.61. The first kappa shape index (κ1) is 12.8. The highest BCUT2D eigenvalue weighted by atomic mass is 35.5. The number of benzene rings is 1. The van der Waals surface area contributed by atoms with Gasteiger partial charge in [0.2, 0.25) is 0 Å². The Hall–Kier alpha value is -1.22. The van der Waals surface area contributed by atoms with Crippen molar-refractivity contribution < 1.29 is 9.90 Å². The smallest absolute Gasteiger partial charge is 0.308 e. The Kier molecular flexibility index (Phi) is 4.19. The molecule has 1 N–H and O–H groups in total. The topological polar surface area (TPSA) is 40.5 Å². The van der Waals surface area contributed by atoms with Crippen LogP contribution < -0.4 is 4.90 Å². The van der Waals surface area contributed by atoms with Crippen LogP contribution in [0.5, 0.6) is 0 Å². The number of carboxylic acid groups (broad SMARTS) is 1. The molecule has 0 bridgehead atoms. The van der Waals surface area contributed by atoms with Crippen LogP contribution in [0.1, 0.15) is 12.5 Å². The van der Waals surface area contributed by atoms with Crippen LogP contribution in [0.15, 0.2) is 18.2 Å². The van der Waals surface area contributed by atoms with E-state index in [4.69, 9.17) is 16.7 Å². The van der Waals surface area contributed by atoms with E-state index in [2.05, 4.69) is 0 Å². The van der Waals surface area contributed by atoms with Crippen molar-refractivity contribution >= 4 is 23.3 Å². The van der Waals surface area contributed by atoms with E-state index in [1.807, 2.05) is 37.1 Å². The summed E-state index contributed by atoms with van der Waals surface area (Å²) in [5.41, 5.74) is 2.06. The van der Waals surface area contributed by atoms with Gasteiger partial charge in [0, 0.05) is 24.3 Å². The average Bonchev–Trinajstić information content (AvgIpc) is 2.21. The van der Waals surface area contributed by atoms with Gasteiger partial charge in [-0.3, -0.25) is 4.79 Å². The first-order valence-corrected chi connectivity index (χ1v) is 5.49. The molecule has 1 atom stereocenters. The van der Waals surface area contributed by atoms with E-state index in [0.717, 1.165) is 11.3 Å². The summed E-state index contributed by atoms with van der Waals surface area (Å²) in [4.78, 5) is 12.7. The van der Waals surface area contributed by atoms with E-state index in [1.54, 1.807) is 6.92 Å². The number of hydrogen-bond acceptors (Lipinski definition) is 2. The molecule has 1 unspecified atom stereocenters. The van der Waals surface area contributed by atoms with Gasteiger partial charge in [0.05, 0.1) is 5.92 Å². The summed E-state index contributed by atoms with van der Waals surface area (Å²) < 4.78 is 0. The molecule has 0 aliphatic heterocycles. The fourth-order valence-electron chi connectivity index (χ4n) is 1.58. The van der Waals surface area contributed by atoms with Crippen LogP contribution in [0, 0.1) is 12.8 Å². The van der Waals surface area contributed by atoms with Gasteiger partial charge in [-0.25, -0.2) is 0 Å². The summed E-state index contributed by atoms with van der Waals surface area (Å²) in [5.74, 6) is -1.19. The molecule has 1 aromatic rings. The van der Waals surface area contributed by atoms with Crippen LogP contribution in [-0.2, 0) is 4.79 Å². The first-order chi connectivity index (χ1) is 7.41. The Morgan fingerprint density at radius 3 is 2.75 bits per heavy atom. The zero-order valence-corrected chi connectivity index (χ0v) is 10.5. The number of aliphatic carboxylic acids is 1. The van der Waals surface area contributed by atoms with E-state index in [-0.39, 0.29) is 0 Å². The van der Waals surface area contributed by atoms with Crippen molar-refractivity contribution in [2.45, 2.75) is 13.8 Å². The molecule has 0 saturated heterocycles. The molecular formula is C12H16ClNO2. The molecule has 88 valence electrons. The summed E-state index contributed by atoms with van der Waals surface area (Å²) in [6.07, 6.45) is 0. The lowest BCUT2D eigenvalue weighted by atomic mass is 10.1. The van der Waals surface area contributed by atoms with E-state index in [1.165, 1.54) is 0 Å². The molecule has 1 rings (SSSR count). The number of halogens is 1. The number of nitrogens with zero attached hydrogens (tertiary/aromatic N) is 1. The second-order valence-corrected chi connectivity index (χ2v) is 4.49. The van der Waals surface area contributed by atoms with Crippen molar-refractivity contribution in [1.29, 1.82) is 0 Å². The molecule has 0 amide bonds. The highest BCUT2D eigenvalue weighted by Gasteiger charge is 2.15. The lowest BCUT2D eigenvalue weighted by Gasteiger charge is -2.23. The lowest BCUT2D eigenvalue weighted by Crippen LogP contribution is -2.28. The van der Waals surface area contributed by atoms with Gasteiger partial charge in [0.1, 0.15) is 0 Å². The van der Waals surface area contributed by atoms with Gasteiger partial charge in [-0.1, -0.05) is 24.6 Å². The van der Waals surface area contributed by atoms with E-state index < -0.39 is 11.9 Å². The molecule has 3 nitrogen and oxygen atoms in total. The van der Waals surface area contributed by atoms with Crippen molar-refractivity contribution in [2.75, 3.05) is 18.5 Å². The maximum atomic E-state index is 10.8. The predicted octanol–water partition coefficient (Wildman–Crippen LogP) is 2.81. The SMILES string of the molecule is Cc1ccc(Cl)cc1N(C)CC(C)C(=O)O. The summed E-state index contributed by atoms with van der Waals surface area (Å²) in [5, 5.41) is 9.51. The monoisotopic (exact) mass is 241 g/mol. The minimum atomic E-state index is -0.786. The predicted molar refractivity (Wildman–Crippen MR) is 66.3 cm³/mol. The van der Waals surface area contributed by atoms with Gasteiger partial charge in [0.15, 0.2) is 0 Å². The molecule has 0 fully saturated rings. The Bertz CT molecular complexity index is 393. The number of anilines is 1.